The zero-order valence-electron chi connectivity index (χ0n) is 21.1. The van der Waals surface area contributed by atoms with Gasteiger partial charge in [0.05, 0.1) is 43.0 Å². The molecule has 4 heterocycles. The lowest BCUT2D eigenvalue weighted by molar-refractivity contribution is -0.118. The first-order valence-electron chi connectivity index (χ1n) is 12.3. The average Bonchev–Trinajstić information content (AvgIpc) is 3.55. The monoisotopic (exact) mass is 501 g/mol. The van der Waals surface area contributed by atoms with Crippen molar-refractivity contribution in [1.82, 2.24) is 29.5 Å². The summed E-state index contributed by atoms with van der Waals surface area (Å²) in [4.78, 5) is 33.3. The Morgan fingerprint density at radius 3 is 2.78 bits per heavy atom. The van der Waals surface area contributed by atoms with E-state index in [1.807, 2.05) is 38.4 Å². The second kappa shape index (κ2) is 12.2. The maximum atomic E-state index is 12.3. The van der Waals surface area contributed by atoms with E-state index in [9.17, 15) is 9.59 Å². The Kier molecular flexibility index (Phi) is 8.52. The zero-order valence-corrected chi connectivity index (χ0v) is 21.1. The van der Waals surface area contributed by atoms with E-state index in [1.54, 1.807) is 34.2 Å². The number of aromatic nitrogens is 6. The van der Waals surface area contributed by atoms with Crippen LogP contribution in [0.5, 0.6) is 0 Å². The van der Waals surface area contributed by atoms with Crippen LogP contribution < -0.4 is 10.7 Å². The summed E-state index contributed by atoms with van der Waals surface area (Å²) in [6.45, 7) is 6.81. The molecule has 37 heavy (non-hydrogen) atoms. The van der Waals surface area contributed by atoms with Gasteiger partial charge in [-0.3, -0.25) is 14.3 Å². The van der Waals surface area contributed by atoms with Crippen molar-refractivity contribution in [3.63, 3.8) is 0 Å². The lowest BCUT2D eigenvalue weighted by Gasteiger charge is -2.10. The fraction of sp³-hybridized carbons (Fsp3) is 0.333. The normalized spacial score (nSPS) is 15.8. The maximum absolute atomic E-state index is 12.3. The van der Waals surface area contributed by atoms with Gasteiger partial charge < -0.3 is 10.1 Å². The van der Waals surface area contributed by atoms with Crippen molar-refractivity contribution < 1.29 is 9.53 Å². The molecule has 1 fully saturated rings. The molecule has 10 heteroatoms. The van der Waals surface area contributed by atoms with Crippen LogP contribution in [0.4, 0.5) is 5.69 Å². The number of ether oxygens (including phenoxy) is 1. The molecule has 3 aromatic rings. The van der Waals surface area contributed by atoms with E-state index in [1.165, 1.54) is 6.07 Å². The third-order valence-electron chi connectivity index (χ3n) is 5.90. The van der Waals surface area contributed by atoms with E-state index in [0.717, 1.165) is 42.7 Å². The van der Waals surface area contributed by atoms with Crippen molar-refractivity contribution in [2.24, 2.45) is 7.05 Å². The van der Waals surface area contributed by atoms with Crippen LogP contribution in [-0.4, -0.2) is 48.1 Å². The molecule has 192 valence electrons. The molecule has 1 atom stereocenters. The Morgan fingerprint density at radius 2 is 2.11 bits per heavy atom. The molecule has 0 radical (unpaired) electrons. The van der Waals surface area contributed by atoms with Gasteiger partial charge in [0.1, 0.15) is 11.4 Å². The standard InChI is InChI=1S/C27H31N7O3/c1-4-20(27-28-15-21(16-29-27)31-26(36)14-23-9-6-12-37-23)8-5-7-19(2)13-24-25(35)10-11-34(32-24)22-17-30-33(3)18-22/h5,7-8,10-11,15-18,23H,2,4,6,9,12-14H2,1,3H3,(H,31,36). The van der Waals surface area contributed by atoms with E-state index in [-0.39, 0.29) is 17.4 Å². The smallest absolute Gasteiger partial charge is 0.227 e. The molecule has 1 aliphatic heterocycles. The molecule has 0 aliphatic carbocycles. The molecule has 0 bridgehead atoms. The highest BCUT2D eigenvalue weighted by Gasteiger charge is 2.19. The van der Waals surface area contributed by atoms with Gasteiger partial charge >= 0.3 is 0 Å². The van der Waals surface area contributed by atoms with E-state index >= 15 is 0 Å². The molecule has 4 rings (SSSR count). The Balaban J connectivity index is 1.36. The van der Waals surface area contributed by atoms with Crippen LogP contribution in [0.15, 0.2) is 72.2 Å². The molecule has 0 saturated carbocycles. The predicted octanol–water partition coefficient (Wildman–Crippen LogP) is 3.41. The Morgan fingerprint density at radius 1 is 1.30 bits per heavy atom. The van der Waals surface area contributed by atoms with E-state index in [2.05, 4.69) is 32.1 Å². The van der Waals surface area contributed by atoms with Crippen LogP contribution in [-0.2, 0) is 23.0 Å². The predicted molar refractivity (Wildman–Crippen MR) is 141 cm³/mol. The van der Waals surface area contributed by atoms with Gasteiger partial charge in [0.2, 0.25) is 11.3 Å². The molecule has 0 spiro atoms. The van der Waals surface area contributed by atoms with Gasteiger partial charge in [-0.15, -0.1) is 0 Å². The highest BCUT2D eigenvalue weighted by atomic mass is 16.5. The average molecular weight is 502 g/mol. The molecule has 1 saturated heterocycles. The first-order chi connectivity index (χ1) is 17.9. The molecule has 1 N–H and O–H groups in total. The number of hydrogen-bond donors (Lipinski definition) is 1. The van der Waals surface area contributed by atoms with Crippen molar-refractivity contribution >= 4 is 17.2 Å². The number of allylic oxidation sites excluding steroid dienone is 5. The number of amides is 1. The quantitative estimate of drug-likeness (QED) is 0.423. The first-order valence-corrected chi connectivity index (χ1v) is 12.3. The van der Waals surface area contributed by atoms with Gasteiger partial charge in [0.15, 0.2) is 5.82 Å². The number of hydrogen-bond acceptors (Lipinski definition) is 7. The third kappa shape index (κ3) is 7.17. The summed E-state index contributed by atoms with van der Waals surface area (Å²) < 4.78 is 8.81. The van der Waals surface area contributed by atoms with Crippen LogP contribution in [0.3, 0.4) is 0 Å². The summed E-state index contributed by atoms with van der Waals surface area (Å²) in [5.74, 6) is 0.482. The second-order valence-electron chi connectivity index (χ2n) is 8.87. The van der Waals surface area contributed by atoms with Crippen molar-refractivity contribution in [3.8, 4) is 5.69 Å². The summed E-state index contributed by atoms with van der Waals surface area (Å²) in [6.07, 6.45) is 17.3. The molecule has 3 aromatic heterocycles. The number of aryl methyl sites for hydroxylation is 1. The molecule has 1 unspecified atom stereocenters. The lowest BCUT2D eigenvalue weighted by Crippen LogP contribution is -2.19. The van der Waals surface area contributed by atoms with E-state index in [0.29, 0.717) is 30.0 Å². The lowest BCUT2D eigenvalue weighted by atomic mass is 10.1. The van der Waals surface area contributed by atoms with Crippen LogP contribution in [0, 0.1) is 0 Å². The van der Waals surface area contributed by atoms with Crippen molar-refractivity contribution in [2.45, 2.75) is 45.1 Å². The van der Waals surface area contributed by atoms with Gasteiger partial charge in [-0.1, -0.05) is 31.7 Å². The van der Waals surface area contributed by atoms with Crippen LogP contribution in [0.1, 0.15) is 44.1 Å². The number of nitrogens with zero attached hydrogens (tertiary/aromatic N) is 6. The van der Waals surface area contributed by atoms with Gasteiger partial charge in [-0.2, -0.15) is 10.2 Å². The summed E-state index contributed by atoms with van der Waals surface area (Å²) in [5, 5.41) is 11.4. The van der Waals surface area contributed by atoms with Crippen LogP contribution in [0.2, 0.25) is 0 Å². The fourth-order valence-electron chi connectivity index (χ4n) is 3.95. The topological polar surface area (TPSA) is 117 Å². The number of anilines is 1. The van der Waals surface area contributed by atoms with Crippen LogP contribution in [0.25, 0.3) is 11.3 Å². The largest absolute Gasteiger partial charge is 0.378 e. The molecule has 1 aliphatic rings. The minimum absolute atomic E-state index is 0.00349. The highest BCUT2D eigenvalue weighted by molar-refractivity contribution is 5.90. The number of carbonyl (C=O) groups is 1. The number of nitrogens with one attached hydrogen (secondary N) is 1. The van der Waals surface area contributed by atoms with Crippen molar-refractivity contribution in [1.29, 1.82) is 0 Å². The van der Waals surface area contributed by atoms with Gasteiger partial charge in [0, 0.05) is 32.3 Å². The molecule has 10 nitrogen and oxygen atoms in total. The number of carbonyl (C=O) groups excluding carboxylic acids is 1. The molecule has 1 amide bonds. The Hall–Kier alpha value is -4.18. The van der Waals surface area contributed by atoms with Gasteiger partial charge in [-0.25, -0.2) is 14.6 Å². The van der Waals surface area contributed by atoms with Crippen molar-refractivity contribution in [3.05, 3.63) is 89.2 Å². The Bertz CT molecular complexity index is 1360. The van der Waals surface area contributed by atoms with Crippen LogP contribution >= 0.6 is 0 Å². The molecular weight excluding hydrogens is 470 g/mol. The first kappa shape index (κ1) is 25.9. The highest BCUT2D eigenvalue weighted by Crippen LogP contribution is 2.18. The minimum atomic E-state index is -0.143. The second-order valence-corrected chi connectivity index (χ2v) is 8.87. The Labute approximate surface area is 215 Å². The summed E-state index contributed by atoms with van der Waals surface area (Å²) in [5.41, 5.74) is 3.26. The molecular formula is C27H31N7O3. The molecule has 0 aromatic carbocycles. The maximum Gasteiger partial charge on any atom is 0.227 e. The van der Waals surface area contributed by atoms with E-state index in [4.69, 9.17) is 4.74 Å². The fourth-order valence-corrected chi connectivity index (χ4v) is 3.95. The summed E-state index contributed by atoms with van der Waals surface area (Å²) >= 11 is 0. The zero-order chi connectivity index (χ0) is 26.2. The third-order valence-corrected chi connectivity index (χ3v) is 5.90. The van der Waals surface area contributed by atoms with Gasteiger partial charge in [0.25, 0.3) is 0 Å². The minimum Gasteiger partial charge on any atom is -0.378 e. The SMILES string of the molecule is C=C(C=CC=C(CC)c1ncc(NC(=O)CC2CCCO2)cn1)Cc1nn(-c2cnn(C)c2)ccc1=O. The number of rotatable bonds is 10. The van der Waals surface area contributed by atoms with E-state index < -0.39 is 0 Å². The van der Waals surface area contributed by atoms with Crippen molar-refractivity contribution in [2.75, 3.05) is 11.9 Å². The van der Waals surface area contributed by atoms with Gasteiger partial charge in [-0.05, 0) is 30.4 Å². The summed E-state index contributed by atoms with van der Waals surface area (Å²) in [7, 11) is 1.82. The summed E-state index contributed by atoms with van der Waals surface area (Å²) in [6, 6.07) is 1.49.